The van der Waals surface area contributed by atoms with Crippen LogP contribution in [0.4, 0.5) is 4.79 Å². The summed E-state index contributed by atoms with van der Waals surface area (Å²) in [5.74, 6) is -0.500. The molecule has 0 spiro atoms. The average Bonchev–Trinajstić information content (AvgIpc) is 3.25. The number of piperidine rings is 1. The molecule has 34 heavy (non-hydrogen) atoms. The molecule has 2 fully saturated rings. The lowest BCUT2D eigenvalue weighted by atomic mass is 9.79. The molecule has 2 saturated heterocycles. The number of carbonyl (C=O) groups is 2. The molecule has 0 bridgehead atoms. The van der Waals surface area contributed by atoms with Gasteiger partial charge in [0.05, 0.1) is 6.54 Å². The Balaban J connectivity index is 1.37. The van der Waals surface area contributed by atoms with E-state index in [9.17, 15) is 19.8 Å². The van der Waals surface area contributed by atoms with Crippen molar-refractivity contribution in [1.29, 1.82) is 0 Å². The van der Waals surface area contributed by atoms with Crippen molar-refractivity contribution in [2.75, 3.05) is 33.7 Å². The van der Waals surface area contributed by atoms with Crippen LogP contribution in [0.25, 0.3) is 0 Å². The van der Waals surface area contributed by atoms with Crippen molar-refractivity contribution in [3.63, 3.8) is 0 Å². The maximum absolute atomic E-state index is 11.4. The van der Waals surface area contributed by atoms with Gasteiger partial charge in [-0.05, 0) is 50.2 Å². The zero-order valence-corrected chi connectivity index (χ0v) is 19.8. The number of amides is 1. The lowest BCUT2D eigenvalue weighted by Crippen LogP contribution is -2.50. The third-order valence-electron chi connectivity index (χ3n) is 7.25. The molecule has 2 heterocycles. The first-order chi connectivity index (χ1) is 16.3. The summed E-state index contributed by atoms with van der Waals surface area (Å²) >= 11 is 0. The SMILES string of the molecule is CN(C)C1(c2ccccc2)CCN(Cc2cccc(O[C@H]3C[C@@H](C(=O)O)N(C(=O)O)C3)c2)CC1. The summed E-state index contributed by atoms with van der Waals surface area (Å²) < 4.78 is 5.99. The minimum absolute atomic E-state index is 0.0435. The Hall–Kier alpha value is -3.10. The number of hydrogen-bond donors (Lipinski definition) is 2. The van der Waals surface area contributed by atoms with Crippen molar-refractivity contribution in [1.82, 2.24) is 14.7 Å². The molecule has 0 unspecified atom stereocenters. The van der Waals surface area contributed by atoms with Crippen molar-refractivity contribution >= 4 is 12.1 Å². The van der Waals surface area contributed by atoms with Gasteiger partial charge in [0.15, 0.2) is 0 Å². The molecule has 0 aliphatic carbocycles. The Morgan fingerprint density at radius 3 is 2.35 bits per heavy atom. The van der Waals surface area contributed by atoms with Gasteiger partial charge in [0.25, 0.3) is 0 Å². The second kappa shape index (κ2) is 10.0. The van der Waals surface area contributed by atoms with Crippen LogP contribution in [0.15, 0.2) is 54.6 Å². The van der Waals surface area contributed by atoms with Crippen LogP contribution in [0.5, 0.6) is 5.75 Å². The van der Waals surface area contributed by atoms with Gasteiger partial charge in [-0.2, -0.15) is 0 Å². The van der Waals surface area contributed by atoms with Crippen molar-refractivity contribution in [3.05, 3.63) is 65.7 Å². The number of likely N-dealkylation sites (tertiary alicyclic amines) is 2. The van der Waals surface area contributed by atoms with Gasteiger partial charge < -0.3 is 14.9 Å². The van der Waals surface area contributed by atoms with E-state index < -0.39 is 24.2 Å². The van der Waals surface area contributed by atoms with Crippen molar-refractivity contribution < 1.29 is 24.5 Å². The largest absolute Gasteiger partial charge is 0.488 e. The molecule has 8 heteroatoms. The van der Waals surface area contributed by atoms with Crippen LogP contribution < -0.4 is 4.74 Å². The number of rotatable bonds is 7. The fourth-order valence-electron chi connectivity index (χ4n) is 5.32. The fraction of sp³-hybridized carbons (Fsp3) is 0.462. The van der Waals surface area contributed by atoms with Crippen molar-refractivity contribution in [2.24, 2.45) is 0 Å². The number of carboxylic acid groups (broad SMARTS) is 2. The van der Waals surface area contributed by atoms with Crippen LogP contribution in [0.1, 0.15) is 30.4 Å². The van der Waals surface area contributed by atoms with Gasteiger partial charge in [0.2, 0.25) is 0 Å². The molecular formula is C26H33N3O5. The minimum Gasteiger partial charge on any atom is -0.488 e. The number of carboxylic acids is 1. The Morgan fingerprint density at radius 2 is 1.76 bits per heavy atom. The van der Waals surface area contributed by atoms with E-state index >= 15 is 0 Å². The predicted octanol–water partition coefficient (Wildman–Crippen LogP) is 3.32. The number of hydrogen-bond acceptors (Lipinski definition) is 5. The quantitative estimate of drug-likeness (QED) is 0.645. The van der Waals surface area contributed by atoms with E-state index in [4.69, 9.17) is 4.74 Å². The van der Waals surface area contributed by atoms with Gasteiger partial charge in [-0.3, -0.25) is 14.7 Å². The Kier molecular flexibility index (Phi) is 7.09. The summed E-state index contributed by atoms with van der Waals surface area (Å²) in [6, 6.07) is 17.5. The molecule has 2 aromatic rings. The van der Waals surface area contributed by atoms with Crippen LogP contribution in [-0.4, -0.2) is 82.9 Å². The van der Waals surface area contributed by atoms with Crippen LogP contribution in [0, 0.1) is 0 Å². The second-order valence-corrected chi connectivity index (χ2v) is 9.48. The summed E-state index contributed by atoms with van der Waals surface area (Å²) in [6.45, 7) is 2.82. The van der Waals surface area contributed by atoms with Crippen molar-refractivity contribution in [3.8, 4) is 5.75 Å². The molecule has 4 rings (SSSR count). The molecule has 0 radical (unpaired) electrons. The first-order valence-corrected chi connectivity index (χ1v) is 11.7. The topological polar surface area (TPSA) is 93.6 Å². The van der Waals surface area contributed by atoms with Gasteiger partial charge in [0.1, 0.15) is 17.9 Å². The highest BCUT2D eigenvalue weighted by Crippen LogP contribution is 2.37. The maximum Gasteiger partial charge on any atom is 0.408 e. The van der Waals surface area contributed by atoms with E-state index in [0.29, 0.717) is 5.75 Å². The molecule has 2 N–H and O–H groups in total. The van der Waals surface area contributed by atoms with Crippen molar-refractivity contribution in [2.45, 2.75) is 43.5 Å². The molecule has 2 aromatic carbocycles. The van der Waals surface area contributed by atoms with Crippen LogP contribution in [0.3, 0.4) is 0 Å². The zero-order valence-electron chi connectivity index (χ0n) is 19.8. The molecule has 8 nitrogen and oxygen atoms in total. The molecule has 2 aliphatic heterocycles. The van der Waals surface area contributed by atoms with E-state index in [0.717, 1.165) is 42.9 Å². The monoisotopic (exact) mass is 467 g/mol. The number of nitrogens with zero attached hydrogens (tertiary/aromatic N) is 3. The normalized spacial score (nSPS) is 22.6. The number of benzene rings is 2. The van der Waals surface area contributed by atoms with Gasteiger partial charge in [-0.25, -0.2) is 9.59 Å². The summed E-state index contributed by atoms with van der Waals surface area (Å²) in [4.78, 5) is 28.5. The van der Waals surface area contributed by atoms with Gasteiger partial charge in [-0.15, -0.1) is 0 Å². The highest BCUT2D eigenvalue weighted by molar-refractivity contribution is 5.80. The third kappa shape index (κ3) is 5.03. The highest BCUT2D eigenvalue weighted by Gasteiger charge is 2.41. The maximum atomic E-state index is 11.4. The van der Waals surface area contributed by atoms with E-state index in [1.807, 2.05) is 18.2 Å². The summed E-state index contributed by atoms with van der Waals surface area (Å²) in [6.07, 6.45) is 0.522. The zero-order chi connectivity index (χ0) is 24.3. The Labute approximate surface area is 200 Å². The smallest absolute Gasteiger partial charge is 0.408 e. The highest BCUT2D eigenvalue weighted by atomic mass is 16.5. The van der Waals surface area contributed by atoms with Crippen LogP contribution >= 0.6 is 0 Å². The van der Waals surface area contributed by atoms with Gasteiger partial charge in [-0.1, -0.05) is 42.5 Å². The summed E-state index contributed by atoms with van der Waals surface area (Å²) in [5.41, 5.74) is 2.53. The van der Waals surface area contributed by atoms with Crippen LogP contribution in [0.2, 0.25) is 0 Å². The third-order valence-corrected chi connectivity index (χ3v) is 7.25. The van der Waals surface area contributed by atoms with Gasteiger partial charge in [0, 0.05) is 31.6 Å². The Morgan fingerprint density at radius 1 is 1.06 bits per heavy atom. The molecular weight excluding hydrogens is 434 g/mol. The molecule has 2 atom stereocenters. The number of aliphatic carboxylic acids is 1. The first kappa shape index (κ1) is 24.0. The summed E-state index contributed by atoms with van der Waals surface area (Å²) in [5, 5.41) is 18.6. The standard InChI is InChI=1S/C26H33N3O5/c1-27(2)26(20-8-4-3-5-9-20)11-13-28(14-12-26)17-19-7-6-10-21(15-19)34-22-16-23(24(30)31)29(18-22)25(32)33/h3-10,15,22-23H,11-14,16-18H2,1-2H3,(H,30,31)(H,32,33)/t22-,23-/m0/s1. The molecule has 0 saturated carbocycles. The van der Waals surface area contributed by atoms with E-state index in [1.165, 1.54) is 5.56 Å². The van der Waals surface area contributed by atoms with Gasteiger partial charge >= 0.3 is 12.1 Å². The van der Waals surface area contributed by atoms with E-state index in [2.05, 4.69) is 60.3 Å². The Bertz CT molecular complexity index is 983. The van der Waals surface area contributed by atoms with Crippen LogP contribution in [-0.2, 0) is 16.9 Å². The van der Waals surface area contributed by atoms with E-state index in [1.54, 1.807) is 0 Å². The molecule has 2 aliphatic rings. The van der Waals surface area contributed by atoms with E-state index in [-0.39, 0.29) is 18.5 Å². The fourth-order valence-corrected chi connectivity index (χ4v) is 5.32. The average molecular weight is 468 g/mol. The predicted molar refractivity (Wildman–Crippen MR) is 128 cm³/mol. The molecule has 0 aromatic heterocycles. The minimum atomic E-state index is -1.23. The first-order valence-electron chi connectivity index (χ1n) is 11.7. The summed E-state index contributed by atoms with van der Waals surface area (Å²) in [7, 11) is 4.32. The molecule has 1 amide bonds. The molecule has 182 valence electrons. The number of ether oxygens (including phenoxy) is 1. The lowest BCUT2D eigenvalue weighted by molar-refractivity contribution is -0.141. The second-order valence-electron chi connectivity index (χ2n) is 9.48. The lowest BCUT2D eigenvalue weighted by Gasteiger charge is -2.46.